The summed E-state index contributed by atoms with van der Waals surface area (Å²) in [5.41, 5.74) is 0.109. The number of hydrogen-bond donors (Lipinski definition) is 2. The number of rotatable bonds is 8. The van der Waals surface area contributed by atoms with Crippen molar-refractivity contribution in [1.82, 2.24) is 5.32 Å². The minimum Gasteiger partial charge on any atom is -0.479 e. The van der Waals surface area contributed by atoms with Gasteiger partial charge >= 0.3 is 5.97 Å². The smallest absolute Gasteiger partial charge is 0.347 e. The minimum atomic E-state index is -1.74. The molecular weight excluding hydrogens is 453 g/mol. The van der Waals surface area contributed by atoms with Crippen LogP contribution in [-0.4, -0.2) is 36.5 Å². The molecule has 0 heterocycles. The standard InChI is InChI=1S/C21H20ClF3N2O5/c1-10-8-13(22)4-7-16(10)31-12(3)21(30)32-11(2)20(29)26-9-17(28)27-15-6-5-14(23)18(24)19(15)25/h4-8,11-12H,9H2,1-3H3,(H,26,29)(H,27,28). The Bertz CT molecular complexity index is 1030. The highest BCUT2D eigenvalue weighted by Gasteiger charge is 2.24. The van der Waals surface area contributed by atoms with E-state index in [2.05, 4.69) is 5.32 Å². The quantitative estimate of drug-likeness (QED) is 0.453. The predicted molar refractivity (Wildman–Crippen MR) is 110 cm³/mol. The van der Waals surface area contributed by atoms with Gasteiger partial charge in [0.05, 0.1) is 12.2 Å². The van der Waals surface area contributed by atoms with Gasteiger partial charge in [0.2, 0.25) is 5.91 Å². The monoisotopic (exact) mass is 472 g/mol. The molecule has 0 bridgehead atoms. The number of anilines is 1. The molecule has 0 radical (unpaired) electrons. The van der Waals surface area contributed by atoms with Crippen molar-refractivity contribution in [3.8, 4) is 5.75 Å². The zero-order valence-corrected chi connectivity index (χ0v) is 18.1. The number of ether oxygens (including phenoxy) is 2. The fourth-order valence-corrected chi connectivity index (χ4v) is 2.66. The molecule has 11 heteroatoms. The van der Waals surface area contributed by atoms with Crippen LogP contribution in [0.4, 0.5) is 18.9 Å². The van der Waals surface area contributed by atoms with E-state index in [0.717, 1.165) is 6.07 Å². The molecule has 0 fully saturated rings. The van der Waals surface area contributed by atoms with Crippen molar-refractivity contribution < 1.29 is 37.0 Å². The topological polar surface area (TPSA) is 93.7 Å². The fourth-order valence-electron chi connectivity index (χ4n) is 2.44. The molecule has 2 aromatic carbocycles. The molecular formula is C21H20ClF3N2O5. The van der Waals surface area contributed by atoms with Gasteiger partial charge in [0, 0.05) is 5.02 Å². The van der Waals surface area contributed by atoms with Crippen LogP contribution in [0.25, 0.3) is 0 Å². The molecule has 0 spiro atoms. The Morgan fingerprint density at radius 3 is 2.38 bits per heavy atom. The molecule has 0 aliphatic heterocycles. The first-order valence-electron chi connectivity index (χ1n) is 9.34. The molecule has 32 heavy (non-hydrogen) atoms. The highest BCUT2D eigenvalue weighted by molar-refractivity contribution is 6.30. The molecule has 172 valence electrons. The molecule has 2 N–H and O–H groups in total. The normalized spacial score (nSPS) is 12.5. The molecule has 0 aromatic heterocycles. The zero-order valence-electron chi connectivity index (χ0n) is 17.3. The first-order valence-corrected chi connectivity index (χ1v) is 9.71. The average molecular weight is 473 g/mol. The number of nitrogens with one attached hydrogen (secondary N) is 2. The van der Waals surface area contributed by atoms with E-state index < -0.39 is 59.7 Å². The third-order valence-corrected chi connectivity index (χ3v) is 4.40. The number of hydrogen-bond acceptors (Lipinski definition) is 5. The van der Waals surface area contributed by atoms with E-state index in [1.807, 2.05) is 5.32 Å². The molecule has 2 aromatic rings. The summed E-state index contributed by atoms with van der Waals surface area (Å²) in [6, 6.07) is 6.31. The van der Waals surface area contributed by atoms with Crippen molar-refractivity contribution in [2.75, 3.05) is 11.9 Å². The largest absolute Gasteiger partial charge is 0.479 e. The molecule has 2 atom stereocenters. The lowest BCUT2D eigenvalue weighted by atomic mass is 10.2. The maximum Gasteiger partial charge on any atom is 0.347 e. The van der Waals surface area contributed by atoms with Gasteiger partial charge in [-0.05, 0) is 56.7 Å². The molecule has 2 unspecified atom stereocenters. The van der Waals surface area contributed by atoms with E-state index in [9.17, 15) is 27.6 Å². The van der Waals surface area contributed by atoms with Crippen LogP contribution in [0, 0.1) is 24.4 Å². The summed E-state index contributed by atoms with van der Waals surface area (Å²) in [4.78, 5) is 36.1. The van der Waals surface area contributed by atoms with Crippen molar-refractivity contribution >= 4 is 35.1 Å². The minimum absolute atomic E-state index is 0.414. The Hall–Kier alpha value is -3.27. The van der Waals surface area contributed by atoms with Gasteiger partial charge in [-0.15, -0.1) is 0 Å². The molecule has 2 amide bonds. The SMILES string of the molecule is Cc1cc(Cl)ccc1OC(C)C(=O)OC(C)C(=O)NCC(=O)Nc1ccc(F)c(F)c1F. The second-order valence-electron chi connectivity index (χ2n) is 6.74. The van der Waals surface area contributed by atoms with Crippen LogP contribution in [0.15, 0.2) is 30.3 Å². The number of aryl methyl sites for hydroxylation is 1. The summed E-state index contributed by atoms with van der Waals surface area (Å²) in [6.45, 7) is 3.83. The molecule has 7 nitrogen and oxygen atoms in total. The lowest BCUT2D eigenvalue weighted by Gasteiger charge is -2.18. The predicted octanol–water partition coefficient (Wildman–Crippen LogP) is 3.52. The highest BCUT2D eigenvalue weighted by Crippen LogP contribution is 2.23. The molecule has 2 rings (SSSR count). The van der Waals surface area contributed by atoms with Crippen LogP contribution in [-0.2, 0) is 19.1 Å². The van der Waals surface area contributed by atoms with Crippen molar-refractivity contribution in [2.45, 2.75) is 33.0 Å². The lowest BCUT2D eigenvalue weighted by molar-refractivity contribution is -0.160. The van der Waals surface area contributed by atoms with Crippen LogP contribution < -0.4 is 15.4 Å². The van der Waals surface area contributed by atoms with E-state index in [1.54, 1.807) is 25.1 Å². The van der Waals surface area contributed by atoms with Gasteiger partial charge in [0.1, 0.15) is 5.75 Å². The Morgan fingerprint density at radius 2 is 1.72 bits per heavy atom. The van der Waals surface area contributed by atoms with Crippen molar-refractivity contribution in [2.24, 2.45) is 0 Å². The van der Waals surface area contributed by atoms with Gasteiger partial charge in [0.15, 0.2) is 29.7 Å². The van der Waals surface area contributed by atoms with Gasteiger partial charge in [-0.1, -0.05) is 11.6 Å². The Labute approximate surface area is 186 Å². The molecule has 0 saturated carbocycles. The lowest BCUT2D eigenvalue weighted by Crippen LogP contribution is -2.41. The summed E-state index contributed by atoms with van der Waals surface area (Å²) in [6.07, 6.45) is -2.31. The molecule has 0 aliphatic carbocycles. The molecule has 0 aliphatic rings. The first-order chi connectivity index (χ1) is 15.0. The third-order valence-electron chi connectivity index (χ3n) is 4.17. The number of esters is 1. The summed E-state index contributed by atoms with van der Waals surface area (Å²) in [5, 5.41) is 4.69. The summed E-state index contributed by atoms with van der Waals surface area (Å²) >= 11 is 5.87. The van der Waals surface area contributed by atoms with E-state index in [1.165, 1.54) is 13.8 Å². The maximum atomic E-state index is 13.6. The number of halogens is 4. The van der Waals surface area contributed by atoms with Gasteiger partial charge < -0.3 is 20.1 Å². The van der Waals surface area contributed by atoms with Crippen LogP contribution in [0.1, 0.15) is 19.4 Å². The van der Waals surface area contributed by atoms with Crippen LogP contribution in [0.3, 0.4) is 0 Å². The van der Waals surface area contributed by atoms with Gasteiger partial charge in [-0.25, -0.2) is 18.0 Å². The average Bonchev–Trinajstić information content (AvgIpc) is 2.74. The number of amides is 2. The van der Waals surface area contributed by atoms with Crippen LogP contribution in [0.2, 0.25) is 5.02 Å². The van der Waals surface area contributed by atoms with Gasteiger partial charge in [-0.2, -0.15) is 0 Å². The zero-order chi connectivity index (χ0) is 24.0. The maximum absolute atomic E-state index is 13.6. The van der Waals surface area contributed by atoms with Gasteiger partial charge in [-0.3, -0.25) is 9.59 Å². The Balaban J connectivity index is 1.83. The van der Waals surface area contributed by atoms with Crippen LogP contribution in [0.5, 0.6) is 5.75 Å². The Kier molecular flexibility index (Phi) is 8.48. The summed E-state index contributed by atoms with van der Waals surface area (Å²) < 4.78 is 50.2. The van der Waals surface area contributed by atoms with E-state index in [4.69, 9.17) is 21.1 Å². The molecule has 0 saturated heterocycles. The first kappa shape index (κ1) is 25.0. The van der Waals surface area contributed by atoms with E-state index in [-0.39, 0.29) is 0 Å². The van der Waals surface area contributed by atoms with Crippen molar-refractivity contribution in [3.63, 3.8) is 0 Å². The van der Waals surface area contributed by atoms with Crippen LogP contribution >= 0.6 is 11.6 Å². The second kappa shape index (κ2) is 10.9. The van der Waals surface area contributed by atoms with Crippen molar-refractivity contribution in [3.05, 3.63) is 58.4 Å². The number of carbonyl (C=O) groups is 3. The van der Waals surface area contributed by atoms with Gasteiger partial charge in [0.25, 0.3) is 5.91 Å². The highest BCUT2D eigenvalue weighted by atomic mass is 35.5. The number of carbonyl (C=O) groups excluding carboxylic acids is 3. The summed E-state index contributed by atoms with van der Waals surface area (Å²) in [7, 11) is 0. The van der Waals surface area contributed by atoms with E-state index in [0.29, 0.717) is 22.4 Å². The van der Waals surface area contributed by atoms with Crippen molar-refractivity contribution in [1.29, 1.82) is 0 Å². The Morgan fingerprint density at radius 1 is 1.03 bits per heavy atom. The number of benzene rings is 2. The fraction of sp³-hybridized carbons (Fsp3) is 0.286. The third kappa shape index (κ3) is 6.61. The second-order valence-corrected chi connectivity index (χ2v) is 7.17. The van der Waals surface area contributed by atoms with E-state index >= 15 is 0 Å². The summed E-state index contributed by atoms with van der Waals surface area (Å²) in [5.74, 6) is -6.85.